The van der Waals surface area contributed by atoms with Gasteiger partial charge in [-0.15, -0.1) is 0 Å². The standard InChI is InChI=1S/C18H22F3N3O3S/c1-2-3-4-9-27-17-7-5-16(6-8-17)24(12-15-10-22-14-23-11-15)28(25,26)13-18(19,20)21/h5-8,10-11,14H,2-4,9,12-13H2,1H3. The normalized spacial score (nSPS) is 12.0. The van der Waals surface area contributed by atoms with E-state index >= 15 is 0 Å². The fourth-order valence-corrected chi connectivity index (χ4v) is 3.82. The van der Waals surface area contributed by atoms with Gasteiger partial charge in [0, 0.05) is 18.0 Å². The van der Waals surface area contributed by atoms with E-state index in [1.807, 2.05) is 0 Å². The van der Waals surface area contributed by atoms with E-state index in [1.54, 1.807) is 12.1 Å². The van der Waals surface area contributed by atoms with E-state index < -0.39 is 22.0 Å². The summed E-state index contributed by atoms with van der Waals surface area (Å²) in [6.07, 6.45) is 2.08. The molecule has 10 heteroatoms. The summed E-state index contributed by atoms with van der Waals surface area (Å²) in [7, 11) is -4.66. The fourth-order valence-electron chi connectivity index (χ4n) is 2.46. The molecule has 2 rings (SSSR count). The summed E-state index contributed by atoms with van der Waals surface area (Å²) in [6.45, 7) is 2.28. The number of rotatable bonds is 10. The maximum atomic E-state index is 12.8. The zero-order chi connectivity index (χ0) is 20.6. The number of nitrogens with zero attached hydrogens (tertiary/aromatic N) is 3. The van der Waals surface area contributed by atoms with Gasteiger partial charge in [0.15, 0.2) is 5.75 Å². The highest BCUT2D eigenvalue weighted by Gasteiger charge is 2.38. The Balaban J connectivity index is 2.23. The van der Waals surface area contributed by atoms with Crippen molar-refractivity contribution in [3.05, 3.63) is 48.5 Å². The van der Waals surface area contributed by atoms with Crippen molar-refractivity contribution in [3.8, 4) is 5.75 Å². The smallest absolute Gasteiger partial charge is 0.404 e. The number of sulfonamides is 1. The molecule has 0 radical (unpaired) electrons. The number of benzene rings is 1. The Morgan fingerprint density at radius 1 is 1.07 bits per heavy atom. The maximum absolute atomic E-state index is 12.8. The molecule has 0 saturated heterocycles. The molecule has 1 heterocycles. The van der Waals surface area contributed by atoms with Gasteiger partial charge in [-0.25, -0.2) is 18.4 Å². The minimum atomic E-state index is -4.85. The second-order valence-electron chi connectivity index (χ2n) is 6.17. The molecule has 0 bridgehead atoms. The molecule has 0 atom stereocenters. The van der Waals surface area contributed by atoms with E-state index in [0.29, 0.717) is 22.2 Å². The van der Waals surface area contributed by atoms with Crippen molar-refractivity contribution in [2.75, 3.05) is 16.7 Å². The van der Waals surface area contributed by atoms with Crippen molar-refractivity contribution in [1.82, 2.24) is 9.97 Å². The van der Waals surface area contributed by atoms with Crippen LogP contribution in [0, 0.1) is 0 Å². The molecule has 154 valence electrons. The van der Waals surface area contributed by atoms with Crippen LogP contribution in [0.3, 0.4) is 0 Å². The molecule has 0 N–H and O–H groups in total. The number of hydrogen-bond acceptors (Lipinski definition) is 5. The third-order valence-electron chi connectivity index (χ3n) is 3.76. The number of hydrogen-bond donors (Lipinski definition) is 0. The van der Waals surface area contributed by atoms with Crippen LogP contribution in [0.4, 0.5) is 18.9 Å². The third kappa shape index (κ3) is 6.99. The molecule has 0 amide bonds. The van der Waals surface area contributed by atoms with Crippen molar-refractivity contribution in [1.29, 1.82) is 0 Å². The second-order valence-corrected chi connectivity index (χ2v) is 8.07. The lowest BCUT2D eigenvalue weighted by Gasteiger charge is -2.25. The van der Waals surface area contributed by atoms with Crippen LogP contribution >= 0.6 is 0 Å². The monoisotopic (exact) mass is 417 g/mol. The van der Waals surface area contributed by atoms with Crippen LogP contribution in [-0.4, -0.2) is 36.9 Å². The number of ether oxygens (including phenoxy) is 1. The summed E-state index contributed by atoms with van der Waals surface area (Å²) in [4.78, 5) is 7.55. The van der Waals surface area contributed by atoms with Crippen LogP contribution in [0.25, 0.3) is 0 Å². The van der Waals surface area contributed by atoms with Gasteiger partial charge in [0.25, 0.3) is 0 Å². The SMILES string of the molecule is CCCCCOc1ccc(N(Cc2cncnc2)S(=O)(=O)CC(F)(F)F)cc1. The average Bonchev–Trinajstić information content (AvgIpc) is 2.63. The number of anilines is 1. The van der Waals surface area contributed by atoms with Crippen LogP contribution in [0.15, 0.2) is 43.0 Å². The molecule has 0 saturated carbocycles. The van der Waals surface area contributed by atoms with E-state index in [1.165, 1.54) is 30.9 Å². The Morgan fingerprint density at radius 3 is 2.29 bits per heavy atom. The predicted molar refractivity (Wildman–Crippen MR) is 99.5 cm³/mol. The van der Waals surface area contributed by atoms with E-state index in [4.69, 9.17) is 4.74 Å². The first kappa shape index (κ1) is 21.9. The predicted octanol–water partition coefficient (Wildman–Crippen LogP) is 3.94. The van der Waals surface area contributed by atoms with Crippen molar-refractivity contribution in [2.45, 2.75) is 38.9 Å². The Bertz CT molecular complexity index is 829. The van der Waals surface area contributed by atoms with Gasteiger partial charge >= 0.3 is 6.18 Å². The van der Waals surface area contributed by atoms with Crippen molar-refractivity contribution in [2.24, 2.45) is 0 Å². The van der Waals surface area contributed by atoms with Gasteiger partial charge in [0.2, 0.25) is 10.0 Å². The first-order valence-electron chi connectivity index (χ1n) is 8.75. The summed E-state index contributed by atoms with van der Waals surface area (Å²) in [5.41, 5.74) is 0.474. The van der Waals surface area contributed by atoms with Crippen LogP contribution in [0.2, 0.25) is 0 Å². The van der Waals surface area contributed by atoms with Crippen LogP contribution in [0.1, 0.15) is 31.7 Å². The van der Waals surface area contributed by atoms with Gasteiger partial charge < -0.3 is 4.74 Å². The molecule has 0 aliphatic carbocycles. The Labute approximate surface area is 162 Å². The van der Waals surface area contributed by atoms with E-state index in [9.17, 15) is 21.6 Å². The minimum absolute atomic E-state index is 0.106. The first-order chi connectivity index (χ1) is 13.2. The fraction of sp³-hybridized carbons (Fsp3) is 0.444. The number of alkyl halides is 3. The van der Waals surface area contributed by atoms with Gasteiger partial charge in [-0.05, 0) is 30.7 Å². The summed E-state index contributed by atoms with van der Waals surface area (Å²) >= 11 is 0. The van der Waals surface area contributed by atoms with Crippen LogP contribution in [0.5, 0.6) is 5.75 Å². The van der Waals surface area contributed by atoms with E-state index in [-0.39, 0.29) is 12.2 Å². The lowest BCUT2D eigenvalue weighted by Crippen LogP contribution is -2.37. The Morgan fingerprint density at radius 2 is 1.71 bits per heavy atom. The lowest BCUT2D eigenvalue weighted by atomic mass is 10.2. The van der Waals surface area contributed by atoms with E-state index in [0.717, 1.165) is 19.3 Å². The lowest BCUT2D eigenvalue weighted by molar-refractivity contribution is -0.106. The van der Waals surface area contributed by atoms with Gasteiger partial charge in [-0.1, -0.05) is 19.8 Å². The maximum Gasteiger partial charge on any atom is 0.404 e. The van der Waals surface area contributed by atoms with E-state index in [2.05, 4.69) is 16.9 Å². The molecule has 0 spiro atoms. The molecule has 0 fully saturated rings. The summed E-state index contributed by atoms with van der Waals surface area (Å²) in [5, 5.41) is 0. The van der Waals surface area contributed by atoms with Crippen molar-refractivity contribution >= 4 is 15.7 Å². The minimum Gasteiger partial charge on any atom is -0.494 e. The summed E-state index contributed by atoms with van der Waals surface area (Å²) < 4.78 is 69.4. The quantitative estimate of drug-likeness (QED) is 0.548. The van der Waals surface area contributed by atoms with Crippen molar-refractivity contribution in [3.63, 3.8) is 0 Å². The molecular formula is C18H22F3N3O3S. The number of aromatic nitrogens is 2. The first-order valence-corrected chi connectivity index (χ1v) is 10.4. The molecule has 2 aromatic rings. The summed E-state index contributed by atoms with van der Waals surface area (Å²) in [5.74, 6) is -1.43. The molecule has 28 heavy (non-hydrogen) atoms. The Hall–Kier alpha value is -2.36. The van der Waals surface area contributed by atoms with Gasteiger partial charge in [0.1, 0.15) is 12.1 Å². The topological polar surface area (TPSA) is 72.4 Å². The third-order valence-corrected chi connectivity index (χ3v) is 5.47. The molecule has 6 nitrogen and oxygen atoms in total. The molecule has 0 aliphatic rings. The molecule has 0 aliphatic heterocycles. The van der Waals surface area contributed by atoms with Crippen LogP contribution < -0.4 is 9.04 Å². The van der Waals surface area contributed by atoms with Crippen LogP contribution in [-0.2, 0) is 16.6 Å². The molecular weight excluding hydrogens is 395 g/mol. The molecule has 1 aromatic heterocycles. The highest BCUT2D eigenvalue weighted by atomic mass is 32.2. The molecule has 0 unspecified atom stereocenters. The zero-order valence-corrected chi connectivity index (χ0v) is 16.2. The van der Waals surface area contributed by atoms with Gasteiger partial charge in [-0.3, -0.25) is 4.31 Å². The zero-order valence-electron chi connectivity index (χ0n) is 15.4. The van der Waals surface area contributed by atoms with Gasteiger partial charge in [0.05, 0.1) is 18.8 Å². The highest BCUT2D eigenvalue weighted by Crippen LogP contribution is 2.27. The largest absolute Gasteiger partial charge is 0.494 e. The number of halogens is 3. The van der Waals surface area contributed by atoms with Gasteiger partial charge in [-0.2, -0.15) is 13.2 Å². The van der Waals surface area contributed by atoms with Crippen molar-refractivity contribution < 1.29 is 26.3 Å². The summed E-state index contributed by atoms with van der Waals surface area (Å²) in [6, 6.07) is 5.93. The molecule has 1 aromatic carbocycles. The highest BCUT2D eigenvalue weighted by molar-refractivity contribution is 7.92. The Kier molecular flexibility index (Phi) is 7.61. The average molecular weight is 417 g/mol. The second kappa shape index (κ2) is 9.72. The number of unbranched alkanes of at least 4 members (excludes halogenated alkanes) is 2.